The molecule has 3 rings (SSSR count). The monoisotopic (exact) mass is 575 g/mol. The number of rotatable bonds is 11. The molecule has 0 aromatic heterocycles. The molecule has 38 heavy (non-hydrogen) atoms. The van der Waals surface area contributed by atoms with E-state index in [2.05, 4.69) is 5.32 Å². The van der Waals surface area contributed by atoms with Crippen LogP contribution in [-0.2, 0) is 32.6 Å². The molecule has 1 N–H and O–H groups in total. The Morgan fingerprint density at radius 1 is 0.895 bits per heavy atom. The van der Waals surface area contributed by atoms with Gasteiger partial charge in [0.05, 0.1) is 20.6 Å². The summed E-state index contributed by atoms with van der Waals surface area (Å²) in [7, 11) is -2.60. The Morgan fingerprint density at radius 3 is 2.08 bits per heavy atom. The fourth-order valence-electron chi connectivity index (χ4n) is 4.07. The third-order valence-corrected chi connectivity index (χ3v) is 8.74. The van der Waals surface area contributed by atoms with E-state index >= 15 is 0 Å². The van der Waals surface area contributed by atoms with Gasteiger partial charge in [-0.25, -0.2) is 8.42 Å². The molecule has 0 aliphatic carbocycles. The third-order valence-electron chi connectivity index (χ3n) is 6.21. The van der Waals surface area contributed by atoms with Crippen molar-refractivity contribution in [2.24, 2.45) is 0 Å². The maximum absolute atomic E-state index is 13.9. The molecular weight excluding hydrogens is 545 g/mol. The summed E-state index contributed by atoms with van der Waals surface area (Å²) in [5.74, 6) is -0.892. The molecule has 2 amide bonds. The second-order valence-electron chi connectivity index (χ2n) is 8.65. The van der Waals surface area contributed by atoms with E-state index in [9.17, 15) is 18.0 Å². The number of halogens is 2. The molecule has 7 nitrogen and oxygen atoms in total. The number of nitrogens with one attached hydrogen (secondary N) is 1. The van der Waals surface area contributed by atoms with Crippen LogP contribution in [0.3, 0.4) is 0 Å². The summed E-state index contributed by atoms with van der Waals surface area (Å²) in [4.78, 5) is 28.1. The zero-order chi connectivity index (χ0) is 27.9. The molecule has 202 valence electrons. The van der Waals surface area contributed by atoms with Crippen LogP contribution in [-0.4, -0.2) is 44.8 Å². The molecule has 0 heterocycles. The van der Waals surface area contributed by atoms with Gasteiger partial charge in [-0.1, -0.05) is 73.4 Å². The molecule has 10 heteroatoms. The minimum atomic E-state index is -4.10. The van der Waals surface area contributed by atoms with Gasteiger partial charge in [-0.05, 0) is 60.4 Å². The van der Waals surface area contributed by atoms with Crippen LogP contribution in [0.4, 0.5) is 5.69 Å². The minimum absolute atomic E-state index is 0.0373. The molecule has 0 fully saturated rings. The number of nitrogens with zero attached hydrogens (tertiary/aromatic N) is 2. The zero-order valence-electron chi connectivity index (χ0n) is 21.5. The molecule has 0 radical (unpaired) electrons. The molecule has 3 aromatic carbocycles. The molecule has 0 spiro atoms. The number of benzene rings is 3. The van der Waals surface area contributed by atoms with Crippen LogP contribution >= 0.6 is 23.2 Å². The number of sulfonamides is 1. The number of hydrogen-bond donors (Lipinski definition) is 1. The van der Waals surface area contributed by atoms with Gasteiger partial charge < -0.3 is 10.2 Å². The molecule has 0 saturated heterocycles. The number of carbonyl (C=O) groups is 2. The fraction of sp³-hybridized carbons (Fsp3) is 0.286. The Kier molecular flexibility index (Phi) is 10.2. The van der Waals surface area contributed by atoms with Crippen molar-refractivity contribution in [3.63, 3.8) is 0 Å². The Morgan fingerprint density at radius 2 is 1.53 bits per heavy atom. The first-order valence-corrected chi connectivity index (χ1v) is 14.4. The average molecular weight is 577 g/mol. The lowest BCUT2D eigenvalue weighted by Crippen LogP contribution is -2.51. The topological polar surface area (TPSA) is 86.8 Å². The second kappa shape index (κ2) is 13.1. The van der Waals surface area contributed by atoms with Gasteiger partial charge in [0.25, 0.3) is 10.0 Å². The Bertz CT molecular complexity index is 1370. The van der Waals surface area contributed by atoms with Gasteiger partial charge in [0.1, 0.15) is 12.6 Å². The summed E-state index contributed by atoms with van der Waals surface area (Å²) in [5.41, 5.74) is 2.03. The minimum Gasteiger partial charge on any atom is -0.357 e. The zero-order valence-corrected chi connectivity index (χ0v) is 23.9. The maximum Gasteiger partial charge on any atom is 0.264 e. The summed E-state index contributed by atoms with van der Waals surface area (Å²) in [5, 5.41) is 3.28. The van der Waals surface area contributed by atoms with Crippen molar-refractivity contribution in [3.05, 3.63) is 94.0 Å². The first kappa shape index (κ1) is 29.5. The van der Waals surface area contributed by atoms with E-state index in [0.29, 0.717) is 27.7 Å². The van der Waals surface area contributed by atoms with Crippen LogP contribution < -0.4 is 9.62 Å². The van der Waals surface area contributed by atoms with Crippen molar-refractivity contribution in [2.75, 3.05) is 17.9 Å². The van der Waals surface area contributed by atoms with E-state index in [1.165, 1.54) is 24.1 Å². The normalized spacial score (nSPS) is 12.0. The lowest BCUT2D eigenvalue weighted by molar-refractivity contribution is -0.140. The quantitative estimate of drug-likeness (QED) is 0.336. The maximum atomic E-state index is 13.9. The predicted molar refractivity (Wildman–Crippen MR) is 152 cm³/mol. The Balaban J connectivity index is 2.06. The number of hydrogen-bond acceptors (Lipinski definition) is 4. The van der Waals surface area contributed by atoms with Crippen molar-refractivity contribution >= 4 is 50.7 Å². The number of aryl methyl sites for hydroxylation is 1. The van der Waals surface area contributed by atoms with Crippen LogP contribution in [0, 0.1) is 0 Å². The Hall–Kier alpha value is -3.07. The van der Waals surface area contributed by atoms with Gasteiger partial charge in [-0.3, -0.25) is 13.9 Å². The van der Waals surface area contributed by atoms with Gasteiger partial charge in [-0.2, -0.15) is 0 Å². The summed E-state index contributed by atoms with van der Waals surface area (Å²) < 4.78 is 28.6. The molecule has 3 aromatic rings. The highest BCUT2D eigenvalue weighted by Gasteiger charge is 2.33. The molecule has 0 aliphatic rings. The summed E-state index contributed by atoms with van der Waals surface area (Å²) in [6.07, 6.45) is 1.11. The number of amides is 2. The van der Waals surface area contributed by atoms with E-state index < -0.39 is 28.5 Å². The van der Waals surface area contributed by atoms with E-state index in [0.717, 1.165) is 16.3 Å². The van der Waals surface area contributed by atoms with Crippen LogP contribution in [0.1, 0.15) is 31.4 Å². The predicted octanol–water partition coefficient (Wildman–Crippen LogP) is 5.30. The fourth-order valence-corrected chi connectivity index (χ4v) is 5.82. The second-order valence-corrected chi connectivity index (χ2v) is 11.3. The standard InChI is InChI=1S/C28H31Cl2N3O4S/c1-4-20-11-14-22(15-12-20)33(38(36,37)23-9-7-6-8-10-23)19-27(34)32(26(5-2)28(35)31-3)18-21-13-16-24(29)25(30)17-21/h6-17,26H,4-5,18-19H2,1-3H3,(H,31,35). The van der Waals surface area contributed by atoms with Gasteiger partial charge in [0.15, 0.2) is 0 Å². The highest BCUT2D eigenvalue weighted by atomic mass is 35.5. The lowest BCUT2D eigenvalue weighted by Gasteiger charge is -2.33. The molecule has 1 unspecified atom stereocenters. The highest BCUT2D eigenvalue weighted by molar-refractivity contribution is 7.92. The molecule has 1 atom stereocenters. The third kappa shape index (κ3) is 6.87. The van der Waals surface area contributed by atoms with E-state index in [4.69, 9.17) is 23.2 Å². The van der Waals surface area contributed by atoms with Gasteiger partial charge in [0, 0.05) is 13.6 Å². The van der Waals surface area contributed by atoms with Crippen LogP contribution in [0.25, 0.3) is 0 Å². The molecule has 0 aliphatic heterocycles. The first-order chi connectivity index (χ1) is 18.1. The van der Waals surface area contributed by atoms with Crippen LogP contribution in [0.15, 0.2) is 77.7 Å². The summed E-state index contributed by atoms with van der Waals surface area (Å²) in [6, 6.07) is 19.1. The first-order valence-electron chi connectivity index (χ1n) is 12.2. The summed E-state index contributed by atoms with van der Waals surface area (Å²) in [6.45, 7) is 3.33. The van der Waals surface area contributed by atoms with Crippen molar-refractivity contribution in [2.45, 2.75) is 44.2 Å². The van der Waals surface area contributed by atoms with E-state index in [1.54, 1.807) is 55.5 Å². The smallest absolute Gasteiger partial charge is 0.264 e. The van der Waals surface area contributed by atoms with Gasteiger partial charge in [0.2, 0.25) is 11.8 Å². The van der Waals surface area contributed by atoms with Crippen molar-refractivity contribution < 1.29 is 18.0 Å². The Labute approximate surface area is 234 Å². The SMILES string of the molecule is CCc1ccc(N(CC(=O)N(Cc2ccc(Cl)c(Cl)c2)C(CC)C(=O)NC)S(=O)(=O)c2ccccc2)cc1. The average Bonchev–Trinajstić information content (AvgIpc) is 2.93. The number of anilines is 1. The van der Waals surface area contributed by atoms with Crippen LogP contribution in [0.2, 0.25) is 10.0 Å². The lowest BCUT2D eigenvalue weighted by atomic mass is 10.1. The molecule has 0 saturated carbocycles. The van der Waals surface area contributed by atoms with Crippen molar-refractivity contribution in [1.29, 1.82) is 0 Å². The number of likely N-dealkylation sites (N-methyl/N-ethyl adjacent to an activating group) is 1. The molecular formula is C28H31Cl2N3O4S. The van der Waals surface area contributed by atoms with Gasteiger partial charge >= 0.3 is 0 Å². The molecule has 0 bridgehead atoms. The number of carbonyl (C=O) groups excluding carboxylic acids is 2. The van der Waals surface area contributed by atoms with Gasteiger partial charge in [-0.15, -0.1) is 0 Å². The van der Waals surface area contributed by atoms with E-state index in [1.807, 2.05) is 19.1 Å². The van der Waals surface area contributed by atoms with Crippen molar-refractivity contribution in [3.8, 4) is 0 Å². The van der Waals surface area contributed by atoms with Crippen LogP contribution in [0.5, 0.6) is 0 Å². The highest BCUT2D eigenvalue weighted by Crippen LogP contribution is 2.27. The van der Waals surface area contributed by atoms with Crippen molar-refractivity contribution in [1.82, 2.24) is 10.2 Å². The largest absolute Gasteiger partial charge is 0.357 e. The summed E-state index contributed by atoms with van der Waals surface area (Å²) >= 11 is 12.3. The van der Waals surface area contributed by atoms with E-state index in [-0.39, 0.29) is 17.3 Å².